The van der Waals surface area contributed by atoms with Crippen LogP contribution in [0.25, 0.3) is 0 Å². The van der Waals surface area contributed by atoms with Gasteiger partial charge in [-0.1, -0.05) is 0 Å². The fourth-order valence-corrected chi connectivity index (χ4v) is 1.87. The first-order valence-corrected chi connectivity index (χ1v) is 6.08. The summed E-state index contributed by atoms with van der Waals surface area (Å²) in [6.45, 7) is 1.89. The Bertz CT molecular complexity index is 290. The summed E-state index contributed by atoms with van der Waals surface area (Å²) in [5, 5.41) is 8.57. The normalized spacial score (nSPS) is 13.7. The van der Waals surface area contributed by atoms with Crippen LogP contribution in [-0.4, -0.2) is 51.0 Å². The van der Waals surface area contributed by atoms with Crippen LogP contribution in [0.4, 0.5) is 0 Å². The Labute approximate surface area is 88.6 Å². The van der Waals surface area contributed by atoms with Gasteiger partial charge in [-0.15, -0.1) is 0 Å². The van der Waals surface area contributed by atoms with Crippen LogP contribution in [0.15, 0.2) is 0 Å². The summed E-state index contributed by atoms with van der Waals surface area (Å²) in [4.78, 5) is 10.5. The molecule has 0 saturated heterocycles. The van der Waals surface area contributed by atoms with E-state index in [4.69, 9.17) is 15.6 Å². The number of carbonyl (C=O) groups is 1. The van der Waals surface area contributed by atoms with Crippen molar-refractivity contribution in [1.29, 1.82) is 0 Å². The molecule has 0 radical (unpaired) electrons. The molecule has 1 atom stereocenters. The zero-order chi connectivity index (χ0) is 11.9. The zero-order valence-electron chi connectivity index (χ0n) is 8.47. The van der Waals surface area contributed by atoms with E-state index in [0.29, 0.717) is 6.61 Å². The maximum Gasteiger partial charge on any atom is 0.323 e. The van der Waals surface area contributed by atoms with Crippen LogP contribution in [0.5, 0.6) is 0 Å². The maximum absolute atomic E-state index is 11.3. The highest BCUT2D eigenvalue weighted by atomic mass is 32.2. The van der Waals surface area contributed by atoms with Crippen LogP contribution < -0.4 is 10.5 Å². The molecule has 0 bridgehead atoms. The number of carboxylic acids is 1. The molecule has 15 heavy (non-hydrogen) atoms. The van der Waals surface area contributed by atoms with Crippen LogP contribution in [-0.2, 0) is 19.6 Å². The van der Waals surface area contributed by atoms with Crippen molar-refractivity contribution >= 4 is 16.0 Å². The van der Waals surface area contributed by atoms with Crippen molar-refractivity contribution in [1.82, 2.24) is 4.72 Å². The second kappa shape index (κ2) is 6.72. The van der Waals surface area contributed by atoms with E-state index in [1.807, 2.05) is 4.72 Å². The lowest BCUT2D eigenvalue weighted by Gasteiger charge is -2.12. The van der Waals surface area contributed by atoms with E-state index in [-0.39, 0.29) is 18.9 Å². The average Bonchev–Trinajstić information content (AvgIpc) is 2.14. The molecule has 0 amide bonds. The van der Waals surface area contributed by atoms with Gasteiger partial charge in [0.05, 0.1) is 12.4 Å². The largest absolute Gasteiger partial charge is 0.480 e. The van der Waals surface area contributed by atoms with Gasteiger partial charge in [0.25, 0.3) is 0 Å². The van der Waals surface area contributed by atoms with Gasteiger partial charge in [-0.25, -0.2) is 8.42 Å². The highest BCUT2D eigenvalue weighted by molar-refractivity contribution is 7.89. The van der Waals surface area contributed by atoms with Gasteiger partial charge in [-0.2, -0.15) is 4.72 Å². The molecule has 0 aliphatic carbocycles. The second-order valence-corrected chi connectivity index (χ2v) is 4.63. The molecule has 0 spiro atoms. The molecule has 0 fully saturated rings. The molecule has 1 unspecified atom stereocenters. The summed E-state index contributed by atoms with van der Waals surface area (Å²) >= 11 is 0. The number of carboxylic acid groups (broad SMARTS) is 1. The van der Waals surface area contributed by atoms with Crippen molar-refractivity contribution in [2.75, 3.05) is 25.5 Å². The van der Waals surface area contributed by atoms with Gasteiger partial charge in [0.15, 0.2) is 0 Å². The molecule has 0 heterocycles. The van der Waals surface area contributed by atoms with E-state index in [9.17, 15) is 13.2 Å². The fraction of sp³-hybridized carbons (Fsp3) is 0.857. The van der Waals surface area contributed by atoms with Crippen LogP contribution in [0, 0.1) is 0 Å². The lowest BCUT2D eigenvalue weighted by Crippen LogP contribution is -2.46. The monoisotopic (exact) mass is 240 g/mol. The Kier molecular flexibility index (Phi) is 6.41. The number of hydrogen-bond donors (Lipinski definition) is 3. The fourth-order valence-electron chi connectivity index (χ4n) is 0.788. The summed E-state index contributed by atoms with van der Waals surface area (Å²) in [6, 6.07) is -1.28. The number of ether oxygens (including phenoxy) is 1. The molecule has 0 aromatic heterocycles. The number of rotatable bonds is 8. The topological polar surface area (TPSA) is 119 Å². The van der Waals surface area contributed by atoms with Gasteiger partial charge in [0, 0.05) is 13.2 Å². The molecule has 0 saturated carbocycles. The summed E-state index contributed by atoms with van der Waals surface area (Å²) < 4.78 is 29.4. The number of sulfonamides is 1. The molecule has 0 aromatic rings. The molecule has 7 nitrogen and oxygen atoms in total. The Morgan fingerprint density at radius 2 is 2.20 bits per heavy atom. The van der Waals surface area contributed by atoms with Gasteiger partial charge >= 0.3 is 5.97 Å². The smallest absolute Gasteiger partial charge is 0.323 e. The molecule has 0 aliphatic rings. The minimum absolute atomic E-state index is 0.0305. The third kappa shape index (κ3) is 6.39. The molecule has 90 valence electrons. The van der Waals surface area contributed by atoms with E-state index < -0.39 is 22.0 Å². The zero-order valence-corrected chi connectivity index (χ0v) is 9.29. The molecular formula is C7H16N2O5S. The molecule has 0 aromatic carbocycles. The molecule has 0 rings (SSSR count). The van der Waals surface area contributed by atoms with Crippen molar-refractivity contribution in [3.8, 4) is 0 Å². The van der Waals surface area contributed by atoms with E-state index >= 15 is 0 Å². The molecular weight excluding hydrogens is 224 g/mol. The average molecular weight is 240 g/mol. The van der Waals surface area contributed by atoms with Gasteiger partial charge in [-0.05, 0) is 6.92 Å². The number of hydrogen-bond acceptors (Lipinski definition) is 5. The molecule has 0 aliphatic heterocycles. The number of aliphatic carboxylic acids is 1. The lowest BCUT2D eigenvalue weighted by molar-refractivity contribution is -0.138. The number of nitrogens with two attached hydrogens (primary N) is 1. The van der Waals surface area contributed by atoms with Crippen LogP contribution in [0.3, 0.4) is 0 Å². The van der Waals surface area contributed by atoms with Crippen molar-refractivity contribution < 1.29 is 23.1 Å². The Morgan fingerprint density at radius 1 is 1.60 bits per heavy atom. The van der Waals surface area contributed by atoms with Crippen molar-refractivity contribution in [2.24, 2.45) is 5.73 Å². The van der Waals surface area contributed by atoms with Crippen LogP contribution >= 0.6 is 0 Å². The SMILES string of the molecule is CCOCCS(=O)(=O)NC(CN)C(=O)O. The van der Waals surface area contributed by atoms with Crippen molar-refractivity contribution in [3.63, 3.8) is 0 Å². The minimum atomic E-state index is -3.65. The Morgan fingerprint density at radius 3 is 2.60 bits per heavy atom. The molecule has 8 heteroatoms. The molecule has 4 N–H and O–H groups in total. The summed E-state index contributed by atoms with van der Waals surface area (Å²) in [7, 11) is -3.65. The summed E-state index contributed by atoms with van der Waals surface area (Å²) in [5.41, 5.74) is 5.10. The van der Waals surface area contributed by atoms with Crippen molar-refractivity contribution in [3.05, 3.63) is 0 Å². The minimum Gasteiger partial charge on any atom is -0.480 e. The highest BCUT2D eigenvalue weighted by Crippen LogP contribution is 1.90. The van der Waals surface area contributed by atoms with Gasteiger partial charge in [0.1, 0.15) is 6.04 Å². The summed E-state index contributed by atoms with van der Waals surface area (Å²) in [5.74, 6) is -1.57. The maximum atomic E-state index is 11.3. The quantitative estimate of drug-likeness (QED) is 0.438. The second-order valence-electron chi connectivity index (χ2n) is 2.76. The first kappa shape index (κ1) is 14.3. The third-order valence-electron chi connectivity index (χ3n) is 1.56. The lowest BCUT2D eigenvalue weighted by atomic mass is 10.3. The van der Waals surface area contributed by atoms with E-state index in [1.54, 1.807) is 6.92 Å². The van der Waals surface area contributed by atoms with Crippen LogP contribution in [0.2, 0.25) is 0 Å². The van der Waals surface area contributed by atoms with Gasteiger partial charge < -0.3 is 15.6 Å². The predicted molar refractivity (Wildman–Crippen MR) is 53.9 cm³/mol. The predicted octanol–water partition coefficient (Wildman–Crippen LogP) is -1.65. The van der Waals surface area contributed by atoms with E-state index in [0.717, 1.165) is 0 Å². The number of nitrogens with one attached hydrogen (secondary N) is 1. The Hall–Kier alpha value is -0.700. The van der Waals surface area contributed by atoms with E-state index in [2.05, 4.69) is 0 Å². The van der Waals surface area contributed by atoms with Crippen LogP contribution in [0.1, 0.15) is 6.92 Å². The first-order chi connectivity index (χ1) is 6.93. The highest BCUT2D eigenvalue weighted by Gasteiger charge is 2.22. The summed E-state index contributed by atoms with van der Waals surface area (Å²) in [6.07, 6.45) is 0. The van der Waals surface area contributed by atoms with Gasteiger partial charge in [0.2, 0.25) is 10.0 Å². The standard InChI is InChI=1S/C7H16N2O5S/c1-2-14-3-4-15(12,13)9-6(5-8)7(10)11/h6,9H,2-5,8H2,1H3,(H,10,11). The first-order valence-electron chi connectivity index (χ1n) is 4.43. The van der Waals surface area contributed by atoms with Crippen molar-refractivity contribution in [2.45, 2.75) is 13.0 Å². The Balaban J connectivity index is 4.17. The third-order valence-corrected chi connectivity index (χ3v) is 2.90. The van der Waals surface area contributed by atoms with Gasteiger partial charge in [-0.3, -0.25) is 4.79 Å². The van der Waals surface area contributed by atoms with E-state index in [1.165, 1.54) is 0 Å².